The number of piperazine rings is 1. The number of aromatic hydroxyl groups is 1. The smallest absolute Gasteiger partial charge is 0.265 e. The molecule has 2 aromatic carbocycles. The Morgan fingerprint density at radius 3 is 2.42 bits per heavy atom. The summed E-state index contributed by atoms with van der Waals surface area (Å²) < 4.78 is 1.69. The molecule has 0 bridgehead atoms. The Bertz CT molecular complexity index is 1330. The first kappa shape index (κ1) is 21.2. The standard InChI is InChI=1S/C26H27N5O2/c1-29-15-17-30(18-16-29)25-23-21(11-13-27-25)28-24(20-9-5-6-10-22(20)32)31(26(23)33)14-12-19-7-3-2-4-8-19/h2-11,13,32H,12,14-18H2,1H3. The summed E-state index contributed by atoms with van der Waals surface area (Å²) in [5, 5.41) is 11.1. The fraction of sp³-hybridized carbons (Fsp3) is 0.269. The minimum atomic E-state index is -0.129. The highest BCUT2D eigenvalue weighted by molar-refractivity contribution is 5.90. The predicted molar refractivity (Wildman–Crippen MR) is 131 cm³/mol. The highest BCUT2D eigenvalue weighted by Crippen LogP contribution is 2.29. The fourth-order valence-electron chi connectivity index (χ4n) is 4.36. The molecule has 0 unspecified atom stereocenters. The van der Waals surface area contributed by atoms with Gasteiger partial charge < -0.3 is 14.9 Å². The van der Waals surface area contributed by atoms with Crippen molar-refractivity contribution in [3.05, 3.63) is 82.8 Å². The highest BCUT2D eigenvalue weighted by atomic mass is 16.3. The number of fused-ring (bicyclic) bond motifs is 1. The molecule has 0 radical (unpaired) electrons. The van der Waals surface area contributed by atoms with Gasteiger partial charge in [0.05, 0.1) is 11.1 Å². The van der Waals surface area contributed by atoms with Crippen LogP contribution in [0.4, 0.5) is 5.82 Å². The van der Waals surface area contributed by atoms with Crippen molar-refractivity contribution in [2.75, 3.05) is 38.1 Å². The molecule has 7 heteroatoms. The molecular weight excluding hydrogens is 414 g/mol. The van der Waals surface area contributed by atoms with Crippen molar-refractivity contribution < 1.29 is 5.11 Å². The third kappa shape index (κ3) is 4.19. The average Bonchev–Trinajstić information content (AvgIpc) is 2.84. The summed E-state index contributed by atoms with van der Waals surface area (Å²) in [6, 6.07) is 18.9. The molecule has 3 heterocycles. The van der Waals surface area contributed by atoms with Crippen LogP contribution in [0, 0.1) is 0 Å². The van der Waals surface area contributed by atoms with Crippen LogP contribution in [0.15, 0.2) is 71.7 Å². The van der Waals surface area contributed by atoms with E-state index in [0.717, 1.165) is 31.7 Å². The summed E-state index contributed by atoms with van der Waals surface area (Å²) >= 11 is 0. The van der Waals surface area contributed by atoms with Gasteiger partial charge in [-0.3, -0.25) is 9.36 Å². The number of aromatic nitrogens is 3. The lowest BCUT2D eigenvalue weighted by molar-refractivity contribution is 0.312. The summed E-state index contributed by atoms with van der Waals surface area (Å²) in [6.07, 6.45) is 2.39. The number of para-hydroxylation sites is 1. The summed E-state index contributed by atoms with van der Waals surface area (Å²) in [5.74, 6) is 1.26. The molecule has 0 atom stereocenters. The number of phenolic OH excluding ortho intramolecular Hbond substituents is 1. The van der Waals surface area contributed by atoms with Crippen molar-refractivity contribution in [1.29, 1.82) is 0 Å². The molecule has 5 rings (SSSR count). The maximum absolute atomic E-state index is 13.9. The summed E-state index contributed by atoms with van der Waals surface area (Å²) in [4.78, 5) is 27.9. The van der Waals surface area contributed by atoms with E-state index in [9.17, 15) is 9.90 Å². The van der Waals surface area contributed by atoms with Crippen molar-refractivity contribution in [2.45, 2.75) is 13.0 Å². The van der Waals surface area contributed by atoms with Crippen molar-refractivity contribution in [2.24, 2.45) is 0 Å². The molecule has 168 valence electrons. The SMILES string of the molecule is CN1CCN(c2nccc3nc(-c4ccccc4O)n(CCc4ccccc4)c(=O)c23)CC1. The Balaban J connectivity index is 1.67. The van der Waals surface area contributed by atoms with E-state index in [2.05, 4.69) is 34.0 Å². The number of nitrogens with zero attached hydrogens (tertiary/aromatic N) is 5. The minimum absolute atomic E-state index is 0.102. The van der Waals surface area contributed by atoms with Gasteiger partial charge in [0, 0.05) is 38.9 Å². The fourth-order valence-corrected chi connectivity index (χ4v) is 4.36. The second-order valence-corrected chi connectivity index (χ2v) is 8.46. The molecule has 0 saturated carbocycles. The highest BCUT2D eigenvalue weighted by Gasteiger charge is 2.22. The van der Waals surface area contributed by atoms with E-state index in [1.165, 1.54) is 0 Å². The zero-order chi connectivity index (χ0) is 22.8. The number of pyridine rings is 1. The van der Waals surface area contributed by atoms with Crippen LogP contribution in [-0.2, 0) is 13.0 Å². The lowest BCUT2D eigenvalue weighted by Crippen LogP contribution is -2.45. The van der Waals surface area contributed by atoms with Crippen molar-refractivity contribution in [1.82, 2.24) is 19.4 Å². The lowest BCUT2D eigenvalue weighted by Gasteiger charge is -2.33. The molecule has 1 aliphatic heterocycles. The molecule has 1 fully saturated rings. The first-order chi connectivity index (χ1) is 16.1. The molecule has 1 aliphatic rings. The Labute approximate surface area is 192 Å². The number of rotatable bonds is 5. The van der Waals surface area contributed by atoms with E-state index in [4.69, 9.17) is 4.98 Å². The van der Waals surface area contributed by atoms with Crippen LogP contribution >= 0.6 is 0 Å². The van der Waals surface area contributed by atoms with E-state index in [1.807, 2.05) is 24.3 Å². The van der Waals surface area contributed by atoms with E-state index in [-0.39, 0.29) is 11.3 Å². The number of anilines is 1. The minimum Gasteiger partial charge on any atom is -0.507 e. The van der Waals surface area contributed by atoms with Crippen molar-refractivity contribution in [3.8, 4) is 17.1 Å². The van der Waals surface area contributed by atoms with Crippen molar-refractivity contribution >= 4 is 16.7 Å². The second-order valence-electron chi connectivity index (χ2n) is 8.46. The van der Waals surface area contributed by atoms with Crippen LogP contribution in [0.1, 0.15) is 5.56 Å². The van der Waals surface area contributed by atoms with E-state index < -0.39 is 0 Å². The first-order valence-corrected chi connectivity index (χ1v) is 11.3. The summed E-state index contributed by atoms with van der Waals surface area (Å²) in [6.45, 7) is 3.92. The number of phenols is 1. The monoisotopic (exact) mass is 441 g/mol. The normalized spacial score (nSPS) is 14.6. The zero-order valence-corrected chi connectivity index (χ0v) is 18.7. The summed E-state index contributed by atoms with van der Waals surface area (Å²) in [7, 11) is 2.10. The van der Waals surface area contributed by atoms with Crippen LogP contribution in [0.5, 0.6) is 5.75 Å². The quantitative estimate of drug-likeness (QED) is 0.513. The largest absolute Gasteiger partial charge is 0.507 e. The first-order valence-electron chi connectivity index (χ1n) is 11.3. The summed E-state index contributed by atoms with van der Waals surface area (Å²) in [5.41, 5.74) is 2.15. The molecule has 7 nitrogen and oxygen atoms in total. The number of hydrogen-bond donors (Lipinski definition) is 1. The molecule has 4 aromatic rings. The van der Waals surface area contributed by atoms with Gasteiger partial charge in [-0.25, -0.2) is 9.97 Å². The molecule has 33 heavy (non-hydrogen) atoms. The zero-order valence-electron chi connectivity index (χ0n) is 18.7. The second kappa shape index (κ2) is 9.03. The van der Waals surface area contributed by atoms with Crippen LogP contribution in [-0.4, -0.2) is 57.8 Å². The van der Waals surface area contributed by atoms with Gasteiger partial charge >= 0.3 is 0 Å². The molecule has 0 aliphatic carbocycles. The molecule has 1 N–H and O–H groups in total. The van der Waals surface area contributed by atoms with Crippen LogP contribution in [0.25, 0.3) is 22.3 Å². The van der Waals surface area contributed by atoms with Gasteiger partial charge in [-0.05, 0) is 37.2 Å². The van der Waals surface area contributed by atoms with E-state index in [1.54, 1.807) is 35.0 Å². The van der Waals surface area contributed by atoms with Crippen LogP contribution in [0.2, 0.25) is 0 Å². The molecule has 2 aromatic heterocycles. The van der Waals surface area contributed by atoms with Gasteiger partial charge in [0.15, 0.2) is 0 Å². The third-order valence-electron chi connectivity index (χ3n) is 6.26. The number of aryl methyl sites for hydroxylation is 1. The van der Waals surface area contributed by atoms with Gasteiger partial charge in [0.25, 0.3) is 5.56 Å². The van der Waals surface area contributed by atoms with E-state index in [0.29, 0.717) is 41.1 Å². The third-order valence-corrected chi connectivity index (χ3v) is 6.26. The van der Waals surface area contributed by atoms with Gasteiger partial charge in [0.1, 0.15) is 22.8 Å². The van der Waals surface area contributed by atoms with Gasteiger partial charge in [0.2, 0.25) is 0 Å². The Hall–Kier alpha value is -3.71. The number of hydrogen-bond acceptors (Lipinski definition) is 6. The lowest BCUT2D eigenvalue weighted by atomic mass is 10.1. The maximum Gasteiger partial charge on any atom is 0.265 e. The maximum atomic E-state index is 13.9. The van der Waals surface area contributed by atoms with Crippen LogP contribution < -0.4 is 10.5 Å². The predicted octanol–water partition coefficient (Wildman–Crippen LogP) is 3.16. The molecule has 0 amide bonds. The van der Waals surface area contributed by atoms with Gasteiger partial charge in [-0.1, -0.05) is 42.5 Å². The number of likely N-dealkylation sites (N-methyl/N-ethyl adjacent to an activating group) is 1. The number of benzene rings is 2. The Kier molecular flexibility index (Phi) is 5.79. The van der Waals surface area contributed by atoms with Crippen molar-refractivity contribution in [3.63, 3.8) is 0 Å². The topological polar surface area (TPSA) is 74.5 Å². The van der Waals surface area contributed by atoms with Gasteiger partial charge in [-0.15, -0.1) is 0 Å². The Morgan fingerprint density at radius 2 is 1.67 bits per heavy atom. The van der Waals surface area contributed by atoms with Gasteiger partial charge in [-0.2, -0.15) is 0 Å². The van der Waals surface area contributed by atoms with E-state index >= 15 is 0 Å². The Morgan fingerprint density at radius 1 is 0.939 bits per heavy atom. The van der Waals surface area contributed by atoms with Crippen LogP contribution in [0.3, 0.4) is 0 Å². The molecule has 0 spiro atoms. The molecular formula is C26H27N5O2. The molecule has 1 saturated heterocycles. The average molecular weight is 442 g/mol.